The number of nitrogens with zero attached hydrogens (tertiary/aromatic N) is 3. The molecule has 0 atom stereocenters. The first-order valence-electron chi connectivity index (χ1n) is 4.56. The van der Waals surface area contributed by atoms with Gasteiger partial charge in [-0.1, -0.05) is 11.6 Å². The van der Waals surface area contributed by atoms with Gasteiger partial charge in [-0.3, -0.25) is 14.8 Å². The summed E-state index contributed by atoms with van der Waals surface area (Å²) in [4.78, 5) is 13.7. The van der Waals surface area contributed by atoms with Crippen LogP contribution in [0.1, 0.15) is 5.82 Å². The molecule has 0 unspecified atom stereocenters. The highest BCUT2D eigenvalue weighted by molar-refractivity contribution is 7.95. The fraction of sp³-hybridized carbons (Fsp3) is 0.143. The van der Waals surface area contributed by atoms with Crippen LogP contribution in [-0.2, 0) is 10.0 Å². The molecule has 0 aliphatic rings. The van der Waals surface area contributed by atoms with E-state index in [1.165, 1.54) is 0 Å². The van der Waals surface area contributed by atoms with Gasteiger partial charge in [0.25, 0.3) is 15.7 Å². The molecule has 0 radical (unpaired) electrons. The molecule has 19 heavy (non-hydrogen) atoms. The Hall–Kier alpha value is -1.30. The third-order valence-electron chi connectivity index (χ3n) is 1.86. The summed E-state index contributed by atoms with van der Waals surface area (Å²) in [5.74, 6) is 0.429. The second-order valence-electron chi connectivity index (χ2n) is 3.23. The summed E-state index contributed by atoms with van der Waals surface area (Å²) in [7, 11) is -3.95. The van der Waals surface area contributed by atoms with Crippen LogP contribution >= 0.6 is 34.5 Å². The molecule has 2 aromatic rings. The molecule has 0 saturated carbocycles. The normalized spacial score (nSPS) is 11.5. The number of aromatic nitrogens is 2. The summed E-state index contributed by atoms with van der Waals surface area (Å²) in [5, 5.41) is 10.7. The van der Waals surface area contributed by atoms with Crippen molar-refractivity contribution in [3.63, 3.8) is 0 Å². The number of nitrogens with one attached hydrogen (secondary N) is 1. The van der Waals surface area contributed by atoms with E-state index in [1.807, 2.05) is 0 Å². The number of thiophene rings is 1. The van der Waals surface area contributed by atoms with Gasteiger partial charge in [-0.05, 0) is 6.92 Å². The lowest BCUT2D eigenvalue weighted by molar-refractivity contribution is -0.384. The third kappa shape index (κ3) is 3.00. The maximum Gasteiger partial charge on any atom is 0.300 e. The highest BCUT2D eigenvalue weighted by Crippen LogP contribution is 2.36. The standard InChI is InChI=1S/C7H5ClN4O4S3/c1-3-9-7(18-10-3)11-19(15,16)5-2-4(12(13)14)6(8)17-5/h2H,1H3,(H,9,10,11). The van der Waals surface area contributed by atoms with Gasteiger partial charge in [0.05, 0.1) is 4.92 Å². The number of sulfonamides is 1. The summed E-state index contributed by atoms with van der Waals surface area (Å²) >= 11 is 7.09. The van der Waals surface area contributed by atoms with Crippen molar-refractivity contribution in [2.75, 3.05) is 4.72 Å². The van der Waals surface area contributed by atoms with Crippen LogP contribution in [-0.4, -0.2) is 22.7 Å². The minimum Gasteiger partial charge on any atom is -0.258 e. The Kier molecular flexibility index (Phi) is 3.71. The largest absolute Gasteiger partial charge is 0.300 e. The van der Waals surface area contributed by atoms with E-state index in [2.05, 4.69) is 14.1 Å². The van der Waals surface area contributed by atoms with Crippen LogP contribution in [0, 0.1) is 17.0 Å². The van der Waals surface area contributed by atoms with Gasteiger partial charge < -0.3 is 0 Å². The molecule has 0 bridgehead atoms. The number of aryl methyl sites for hydroxylation is 1. The lowest BCUT2D eigenvalue weighted by Gasteiger charge is -2.00. The van der Waals surface area contributed by atoms with E-state index in [-0.39, 0.29) is 13.7 Å². The molecule has 0 aromatic carbocycles. The molecular weight excluding hydrogens is 336 g/mol. The molecular formula is C7H5ClN4O4S3. The van der Waals surface area contributed by atoms with E-state index in [4.69, 9.17) is 11.6 Å². The van der Waals surface area contributed by atoms with Crippen molar-refractivity contribution in [3.05, 3.63) is 26.3 Å². The number of rotatable bonds is 4. The van der Waals surface area contributed by atoms with Crippen LogP contribution in [0.5, 0.6) is 0 Å². The first-order valence-corrected chi connectivity index (χ1v) is 8.01. The van der Waals surface area contributed by atoms with Crippen LogP contribution in [0.4, 0.5) is 10.8 Å². The van der Waals surface area contributed by atoms with Gasteiger partial charge >= 0.3 is 0 Å². The predicted octanol–water partition coefficient (Wildman–Crippen LogP) is 2.27. The predicted molar refractivity (Wildman–Crippen MR) is 71.4 cm³/mol. The lowest BCUT2D eigenvalue weighted by Crippen LogP contribution is -2.11. The Morgan fingerprint density at radius 3 is 2.68 bits per heavy atom. The highest BCUT2D eigenvalue weighted by Gasteiger charge is 2.26. The van der Waals surface area contributed by atoms with Gasteiger partial charge in [-0.15, -0.1) is 11.3 Å². The average Bonchev–Trinajstić information content (AvgIpc) is 2.84. The molecule has 102 valence electrons. The summed E-state index contributed by atoms with van der Waals surface area (Å²) in [6, 6.07) is 0.906. The van der Waals surface area contributed by atoms with E-state index in [0.717, 1.165) is 17.6 Å². The van der Waals surface area contributed by atoms with E-state index in [0.29, 0.717) is 17.2 Å². The molecule has 2 aromatic heterocycles. The van der Waals surface area contributed by atoms with Gasteiger partial charge in [0.2, 0.25) is 5.13 Å². The molecule has 12 heteroatoms. The van der Waals surface area contributed by atoms with Crippen LogP contribution in [0.25, 0.3) is 0 Å². The Morgan fingerprint density at radius 2 is 2.21 bits per heavy atom. The monoisotopic (exact) mass is 340 g/mol. The zero-order chi connectivity index (χ0) is 14.2. The van der Waals surface area contributed by atoms with Crippen molar-refractivity contribution < 1.29 is 13.3 Å². The fourth-order valence-corrected chi connectivity index (χ4v) is 4.56. The van der Waals surface area contributed by atoms with Gasteiger partial charge in [-0.25, -0.2) is 13.4 Å². The molecule has 2 rings (SSSR count). The number of hydrogen-bond acceptors (Lipinski definition) is 8. The lowest BCUT2D eigenvalue weighted by atomic mass is 10.6. The zero-order valence-corrected chi connectivity index (χ0v) is 12.4. The van der Waals surface area contributed by atoms with Crippen LogP contribution in [0.15, 0.2) is 10.3 Å². The Bertz CT molecular complexity index is 737. The number of anilines is 1. The fourth-order valence-electron chi connectivity index (χ4n) is 1.10. The van der Waals surface area contributed by atoms with Crippen molar-refractivity contribution >= 4 is 55.3 Å². The van der Waals surface area contributed by atoms with Gasteiger partial charge in [0.1, 0.15) is 10.0 Å². The Labute approximate surface area is 120 Å². The molecule has 2 heterocycles. The smallest absolute Gasteiger partial charge is 0.258 e. The molecule has 0 amide bonds. The topological polar surface area (TPSA) is 115 Å². The van der Waals surface area contributed by atoms with Crippen molar-refractivity contribution in [3.8, 4) is 0 Å². The summed E-state index contributed by atoms with van der Waals surface area (Å²) in [5.41, 5.74) is -0.444. The van der Waals surface area contributed by atoms with Crippen LogP contribution in [0.2, 0.25) is 4.34 Å². The summed E-state index contributed by atoms with van der Waals surface area (Å²) < 4.78 is 29.5. The second-order valence-corrected chi connectivity index (χ2v) is 7.55. The minimum absolute atomic E-state index is 0.0877. The second kappa shape index (κ2) is 5.00. The van der Waals surface area contributed by atoms with E-state index in [1.54, 1.807) is 6.92 Å². The molecule has 0 aliphatic heterocycles. The quantitative estimate of drug-likeness (QED) is 0.674. The first kappa shape index (κ1) is 14.1. The molecule has 0 aliphatic carbocycles. The van der Waals surface area contributed by atoms with Gasteiger partial charge in [0, 0.05) is 17.6 Å². The van der Waals surface area contributed by atoms with Crippen LogP contribution in [0.3, 0.4) is 0 Å². The van der Waals surface area contributed by atoms with Crippen molar-refractivity contribution in [2.24, 2.45) is 0 Å². The average molecular weight is 341 g/mol. The zero-order valence-electron chi connectivity index (χ0n) is 9.15. The first-order chi connectivity index (χ1) is 8.79. The summed E-state index contributed by atoms with van der Waals surface area (Å²) in [6.07, 6.45) is 0. The van der Waals surface area contributed by atoms with E-state index < -0.39 is 20.6 Å². The van der Waals surface area contributed by atoms with Gasteiger partial charge in [-0.2, -0.15) is 4.37 Å². The van der Waals surface area contributed by atoms with Gasteiger partial charge in [0.15, 0.2) is 4.34 Å². The number of halogens is 1. The minimum atomic E-state index is -3.95. The summed E-state index contributed by atoms with van der Waals surface area (Å²) in [6.45, 7) is 1.61. The maximum atomic E-state index is 12.0. The third-order valence-corrected chi connectivity index (χ3v) is 5.86. The van der Waals surface area contributed by atoms with Crippen LogP contribution < -0.4 is 4.72 Å². The molecule has 0 fully saturated rings. The van der Waals surface area contributed by atoms with Crippen molar-refractivity contribution in [2.45, 2.75) is 11.1 Å². The highest BCUT2D eigenvalue weighted by atomic mass is 35.5. The number of nitro groups is 1. The Balaban J connectivity index is 2.34. The molecule has 8 nitrogen and oxygen atoms in total. The maximum absolute atomic E-state index is 12.0. The molecule has 0 saturated heterocycles. The van der Waals surface area contributed by atoms with E-state index in [9.17, 15) is 18.5 Å². The Morgan fingerprint density at radius 1 is 1.53 bits per heavy atom. The van der Waals surface area contributed by atoms with E-state index >= 15 is 0 Å². The molecule has 0 spiro atoms. The molecule has 1 N–H and O–H groups in total. The number of hydrogen-bond donors (Lipinski definition) is 1. The van der Waals surface area contributed by atoms with Crippen molar-refractivity contribution in [1.82, 2.24) is 9.36 Å². The SMILES string of the molecule is Cc1nsc(NS(=O)(=O)c2cc([N+](=O)[O-])c(Cl)s2)n1. The van der Waals surface area contributed by atoms with Crippen molar-refractivity contribution in [1.29, 1.82) is 0 Å².